The van der Waals surface area contributed by atoms with E-state index in [0.717, 1.165) is 16.7 Å². The van der Waals surface area contributed by atoms with Crippen LogP contribution < -0.4 is 0 Å². The van der Waals surface area contributed by atoms with Gasteiger partial charge in [-0.1, -0.05) is 53.2 Å². The van der Waals surface area contributed by atoms with Gasteiger partial charge in [-0.15, -0.1) is 0 Å². The molecule has 0 saturated heterocycles. The maximum absolute atomic E-state index is 10.7. The summed E-state index contributed by atoms with van der Waals surface area (Å²) in [5, 5.41) is 13.3. The molecule has 112 valence electrons. The summed E-state index contributed by atoms with van der Waals surface area (Å²) in [5.74, 6) is -0.888. The van der Waals surface area contributed by atoms with Crippen LogP contribution in [0.15, 0.2) is 53.7 Å². The lowest BCUT2D eigenvalue weighted by Crippen LogP contribution is -2.06. The van der Waals surface area contributed by atoms with E-state index in [-0.39, 0.29) is 12.5 Å². The first-order valence-corrected chi connectivity index (χ1v) is 7.29. The number of benzene rings is 2. The molecule has 1 aliphatic rings. The lowest BCUT2D eigenvalue weighted by molar-refractivity contribution is -0.135. The van der Waals surface area contributed by atoms with Crippen LogP contribution in [0.5, 0.6) is 0 Å². The lowest BCUT2D eigenvalue weighted by Gasteiger charge is -2.09. The van der Waals surface area contributed by atoms with Crippen molar-refractivity contribution in [3.05, 3.63) is 59.1 Å². The van der Waals surface area contributed by atoms with E-state index in [9.17, 15) is 4.79 Å². The summed E-state index contributed by atoms with van der Waals surface area (Å²) in [6, 6.07) is 15.6. The summed E-state index contributed by atoms with van der Waals surface area (Å²) in [7, 11) is 0. The Morgan fingerprint density at radius 1 is 1.14 bits per heavy atom. The van der Waals surface area contributed by atoms with E-state index < -0.39 is 5.97 Å². The van der Waals surface area contributed by atoms with E-state index in [1.54, 1.807) is 0 Å². The molecule has 1 heterocycles. The number of hydrogen-bond acceptors (Lipinski definition) is 3. The second kappa shape index (κ2) is 6.20. The van der Waals surface area contributed by atoms with Crippen LogP contribution in [0.3, 0.4) is 0 Å². The highest BCUT2D eigenvalue weighted by Gasteiger charge is 2.24. The van der Waals surface area contributed by atoms with Gasteiger partial charge in [-0.25, -0.2) is 0 Å². The molecule has 5 heteroatoms. The molecular formula is C17H14ClNO3. The number of hydrogen-bond donors (Lipinski definition) is 1. The van der Waals surface area contributed by atoms with Gasteiger partial charge in [-0.2, -0.15) is 0 Å². The Kier molecular flexibility index (Phi) is 4.11. The maximum atomic E-state index is 10.7. The Morgan fingerprint density at radius 3 is 2.32 bits per heavy atom. The molecule has 3 rings (SSSR count). The molecule has 22 heavy (non-hydrogen) atoms. The first-order chi connectivity index (χ1) is 10.6. The van der Waals surface area contributed by atoms with Gasteiger partial charge in [0.1, 0.15) is 0 Å². The van der Waals surface area contributed by atoms with Crippen molar-refractivity contribution in [1.82, 2.24) is 0 Å². The average Bonchev–Trinajstić information content (AvgIpc) is 2.96. The van der Waals surface area contributed by atoms with Gasteiger partial charge in [0, 0.05) is 11.4 Å². The van der Waals surface area contributed by atoms with Crippen LogP contribution in [0.2, 0.25) is 5.02 Å². The van der Waals surface area contributed by atoms with Gasteiger partial charge in [0.05, 0.1) is 12.1 Å². The molecule has 1 unspecified atom stereocenters. The van der Waals surface area contributed by atoms with Crippen LogP contribution in [0, 0.1) is 0 Å². The van der Waals surface area contributed by atoms with E-state index in [0.29, 0.717) is 17.2 Å². The minimum absolute atomic E-state index is 0.0701. The Labute approximate surface area is 133 Å². The van der Waals surface area contributed by atoms with Crippen molar-refractivity contribution in [3.63, 3.8) is 0 Å². The molecule has 0 aliphatic carbocycles. The molecule has 0 amide bonds. The summed E-state index contributed by atoms with van der Waals surface area (Å²) in [5.41, 5.74) is 3.73. The first-order valence-electron chi connectivity index (χ1n) is 6.91. The van der Waals surface area contributed by atoms with Crippen LogP contribution >= 0.6 is 11.6 Å². The predicted molar refractivity (Wildman–Crippen MR) is 85.0 cm³/mol. The van der Waals surface area contributed by atoms with Crippen molar-refractivity contribution in [2.24, 2.45) is 5.16 Å². The number of rotatable bonds is 4. The maximum Gasteiger partial charge on any atom is 0.309 e. The SMILES string of the molecule is O=C(O)CC1=NOC(c2ccc(-c3ccc(Cl)cc3)cc2)C1. The molecule has 2 aromatic carbocycles. The molecule has 0 bridgehead atoms. The molecule has 0 fully saturated rings. The molecule has 1 aliphatic heterocycles. The fourth-order valence-corrected chi connectivity index (χ4v) is 2.54. The smallest absolute Gasteiger partial charge is 0.309 e. The molecule has 4 nitrogen and oxygen atoms in total. The normalized spacial score (nSPS) is 17.0. The molecule has 2 aromatic rings. The molecule has 1 N–H and O–H groups in total. The second-order valence-corrected chi connectivity index (χ2v) is 5.59. The number of aliphatic carboxylic acids is 1. The van der Waals surface area contributed by atoms with E-state index >= 15 is 0 Å². The Hall–Kier alpha value is -2.33. The number of carboxylic acids is 1. The Morgan fingerprint density at radius 2 is 1.73 bits per heavy atom. The van der Waals surface area contributed by atoms with Gasteiger partial charge in [0.15, 0.2) is 6.10 Å². The third kappa shape index (κ3) is 3.28. The van der Waals surface area contributed by atoms with Crippen LogP contribution in [0.4, 0.5) is 0 Å². The zero-order chi connectivity index (χ0) is 15.5. The van der Waals surface area contributed by atoms with Gasteiger partial charge in [-0.05, 0) is 28.8 Å². The standard InChI is InChI=1S/C17H14ClNO3/c18-14-7-5-12(6-8-14)11-1-3-13(4-2-11)16-9-15(19-22-16)10-17(20)21/h1-8,16H,9-10H2,(H,20,21). The van der Waals surface area contributed by atoms with E-state index in [2.05, 4.69) is 5.16 Å². The lowest BCUT2D eigenvalue weighted by atomic mass is 9.99. The van der Waals surface area contributed by atoms with Crippen molar-refractivity contribution >= 4 is 23.3 Å². The van der Waals surface area contributed by atoms with Crippen molar-refractivity contribution in [2.45, 2.75) is 18.9 Å². The summed E-state index contributed by atoms with van der Waals surface area (Å²) in [6.07, 6.45) is 0.250. The third-order valence-electron chi connectivity index (χ3n) is 3.55. The van der Waals surface area contributed by atoms with Gasteiger partial charge in [0.2, 0.25) is 0 Å². The molecule has 1 atom stereocenters. The largest absolute Gasteiger partial charge is 0.481 e. The number of carboxylic acid groups (broad SMARTS) is 1. The highest BCUT2D eigenvalue weighted by Crippen LogP contribution is 2.30. The topological polar surface area (TPSA) is 58.9 Å². The highest BCUT2D eigenvalue weighted by atomic mass is 35.5. The predicted octanol–water partition coefficient (Wildman–Crippen LogP) is 4.30. The van der Waals surface area contributed by atoms with Crippen molar-refractivity contribution < 1.29 is 14.7 Å². The minimum atomic E-state index is -0.888. The van der Waals surface area contributed by atoms with Crippen LogP contribution in [-0.2, 0) is 9.63 Å². The molecule has 0 radical (unpaired) electrons. The van der Waals surface area contributed by atoms with E-state index in [1.165, 1.54) is 0 Å². The Bertz CT molecular complexity index is 708. The van der Waals surface area contributed by atoms with Gasteiger partial charge >= 0.3 is 5.97 Å². The molecule has 0 aromatic heterocycles. The number of carbonyl (C=O) groups is 1. The van der Waals surface area contributed by atoms with Gasteiger partial charge in [0.25, 0.3) is 0 Å². The number of nitrogens with zero attached hydrogens (tertiary/aromatic N) is 1. The fraction of sp³-hybridized carbons (Fsp3) is 0.176. The second-order valence-electron chi connectivity index (χ2n) is 5.16. The Balaban J connectivity index is 1.70. The molecular weight excluding hydrogens is 302 g/mol. The van der Waals surface area contributed by atoms with E-state index in [1.807, 2.05) is 48.5 Å². The zero-order valence-corrected chi connectivity index (χ0v) is 12.5. The first kappa shape index (κ1) is 14.6. The third-order valence-corrected chi connectivity index (χ3v) is 3.80. The van der Waals surface area contributed by atoms with Crippen molar-refractivity contribution in [1.29, 1.82) is 0 Å². The fourth-order valence-electron chi connectivity index (χ4n) is 2.42. The average molecular weight is 316 g/mol. The van der Waals surface area contributed by atoms with Crippen molar-refractivity contribution in [2.75, 3.05) is 0 Å². The summed E-state index contributed by atoms with van der Waals surface area (Å²) in [4.78, 5) is 16.0. The number of halogens is 1. The van der Waals surface area contributed by atoms with Gasteiger partial charge < -0.3 is 9.94 Å². The van der Waals surface area contributed by atoms with Crippen LogP contribution in [-0.4, -0.2) is 16.8 Å². The summed E-state index contributed by atoms with van der Waals surface area (Å²) in [6.45, 7) is 0. The zero-order valence-electron chi connectivity index (χ0n) is 11.7. The van der Waals surface area contributed by atoms with Crippen LogP contribution in [0.25, 0.3) is 11.1 Å². The van der Waals surface area contributed by atoms with Crippen LogP contribution in [0.1, 0.15) is 24.5 Å². The monoisotopic (exact) mass is 315 g/mol. The summed E-state index contributed by atoms with van der Waals surface area (Å²) >= 11 is 5.89. The molecule has 0 spiro atoms. The molecule has 0 saturated carbocycles. The quantitative estimate of drug-likeness (QED) is 0.915. The van der Waals surface area contributed by atoms with Crippen molar-refractivity contribution in [3.8, 4) is 11.1 Å². The number of oxime groups is 1. The summed E-state index contributed by atoms with van der Waals surface area (Å²) < 4.78 is 0. The highest BCUT2D eigenvalue weighted by molar-refractivity contribution is 6.30. The van der Waals surface area contributed by atoms with Gasteiger partial charge in [-0.3, -0.25) is 4.79 Å². The van der Waals surface area contributed by atoms with E-state index in [4.69, 9.17) is 21.5 Å². The minimum Gasteiger partial charge on any atom is -0.481 e.